The molecule has 0 radical (unpaired) electrons. The van der Waals surface area contributed by atoms with Crippen LogP contribution in [0.5, 0.6) is 0 Å². The maximum atomic E-state index is 10.4. The predicted octanol–water partition coefficient (Wildman–Crippen LogP) is 0.511. The van der Waals surface area contributed by atoms with Crippen molar-refractivity contribution >= 4 is 5.97 Å². The van der Waals surface area contributed by atoms with E-state index in [4.69, 9.17) is 5.11 Å². The van der Waals surface area contributed by atoms with Gasteiger partial charge in [0.1, 0.15) is 0 Å². The molecular weight excluding hydrogens is 180 g/mol. The van der Waals surface area contributed by atoms with Crippen LogP contribution < -0.4 is 0 Å². The van der Waals surface area contributed by atoms with E-state index < -0.39 is 5.97 Å². The first-order valence-electron chi connectivity index (χ1n) is 4.65. The highest BCUT2D eigenvalue weighted by atomic mass is 16.4. The third kappa shape index (κ3) is 7.76. The number of carboxylic acid groups (broad SMARTS) is 1. The van der Waals surface area contributed by atoms with Gasteiger partial charge in [-0.25, -0.2) is 4.79 Å². The quantitative estimate of drug-likeness (QED) is 0.634. The van der Waals surface area contributed by atoms with Crippen LogP contribution in [0.4, 0.5) is 0 Å². The number of carbonyl (C=O) groups is 1. The van der Waals surface area contributed by atoms with Crippen molar-refractivity contribution < 1.29 is 9.90 Å². The molecule has 0 aromatic heterocycles. The molecule has 0 rings (SSSR count). The fourth-order valence-corrected chi connectivity index (χ4v) is 1.13. The third-order valence-corrected chi connectivity index (χ3v) is 1.82. The van der Waals surface area contributed by atoms with Gasteiger partial charge in [-0.05, 0) is 28.1 Å². The average Bonchev–Trinajstić information content (AvgIpc) is 1.98. The summed E-state index contributed by atoms with van der Waals surface area (Å²) in [6.45, 7) is 4.47. The second kappa shape index (κ2) is 6.56. The summed E-state index contributed by atoms with van der Waals surface area (Å²) in [5.74, 6) is -0.872. The van der Waals surface area contributed by atoms with E-state index in [0.717, 1.165) is 18.7 Å². The molecule has 0 aromatic rings. The summed E-state index contributed by atoms with van der Waals surface area (Å²) < 4.78 is 0. The number of hydrogen-bond acceptors (Lipinski definition) is 3. The zero-order valence-electron chi connectivity index (χ0n) is 9.45. The Kier molecular flexibility index (Phi) is 6.16. The van der Waals surface area contributed by atoms with Gasteiger partial charge in [-0.15, -0.1) is 0 Å². The second-order valence-electron chi connectivity index (χ2n) is 3.87. The van der Waals surface area contributed by atoms with Crippen molar-refractivity contribution in [2.75, 3.05) is 40.8 Å². The number of carboxylic acids is 1. The van der Waals surface area contributed by atoms with Crippen LogP contribution in [0.3, 0.4) is 0 Å². The van der Waals surface area contributed by atoms with Crippen LogP contribution in [0.15, 0.2) is 11.6 Å². The minimum Gasteiger partial charge on any atom is -0.478 e. The van der Waals surface area contributed by atoms with Gasteiger partial charge in [-0.3, -0.25) is 0 Å². The molecule has 0 spiro atoms. The van der Waals surface area contributed by atoms with Gasteiger partial charge in [0.25, 0.3) is 0 Å². The van der Waals surface area contributed by atoms with Crippen LogP contribution in [0, 0.1) is 0 Å². The van der Waals surface area contributed by atoms with Gasteiger partial charge >= 0.3 is 5.97 Å². The molecule has 0 saturated carbocycles. The first kappa shape index (κ1) is 13.1. The van der Waals surface area contributed by atoms with E-state index in [2.05, 4.69) is 9.80 Å². The molecule has 0 aliphatic heterocycles. The van der Waals surface area contributed by atoms with Crippen LogP contribution in [-0.4, -0.2) is 61.7 Å². The maximum absolute atomic E-state index is 10.4. The normalized spacial score (nSPS) is 12.6. The van der Waals surface area contributed by atoms with E-state index in [-0.39, 0.29) is 0 Å². The van der Waals surface area contributed by atoms with Crippen LogP contribution in [0.25, 0.3) is 0 Å². The number of likely N-dealkylation sites (N-methyl/N-ethyl adjacent to an activating group) is 2. The van der Waals surface area contributed by atoms with E-state index in [1.165, 1.54) is 6.08 Å². The topological polar surface area (TPSA) is 43.8 Å². The number of hydrogen-bond donors (Lipinski definition) is 1. The molecule has 82 valence electrons. The Morgan fingerprint density at radius 2 is 1.86 bits per heavy atom. The molecule has 0 fully saturated rings. The van der Waals surface area contributed by atoms with Gasteiger partial charge in [-0.1, -0.05) is 5.57 Å². The van der Waals surface area contributed by atoms with Gasteiger partial charge in [0.2, 0.25) is 0 Å². The third-order valence-electron chi connectivity index (χ3n) is 1.82. The van der Waals surface area contributed by atoms with E-state index in [9.17, 15) is 4.79 Å². The van der Waals surface area contributed by atoms with Crippen LogP contribution in [0.1, 0.15) is 6.92 Å². The van der Waals surface area contributed by atoms with Crippen molar-refractivity contribution in [1.29, 1.82) is 0 Å². The van der Waals surface area contributed by atoms with Gasteiger partial charge < -0.3 is 14.9 Å². The molecule has 0 aliphatic carbocycles. The fourth-order valence-electron chi connectivity index (χ4n) is 1.13. The summed E-state index contributed by atoms with van der Waals surface area (Å²) >= 11 is 0. The van der Waals surface area contributed by atoms with Gasteiger partial charge in [0, 0.05) is 25.7 Å². The summed E-state index contributed by atoms with van der Waals surface area (Å²) in [4.78, 5) is 14.6. The summed E-state index contributed by atoms with van der Waals surface area (Å²) in [5, 5.41) is 8.51. The lowest BCUT2D eigenvalue weighted by Gasteiger charge is -2.19. The zero-order chi connectivity index (χ0) is 11.1. The Labute approximate surface area is 85.8 Å². The van der Waals surface area contributed by atoms with E-state index in [1.807, 2.05) is 28.1 Å². The molecule has 0 unspecified atom stereocenters. The van der Waals surface area contributed by atoms with Crippen LogP contribution in [0.2, 0.25) is 0 Å². The smallest absolute Gasteiger partial charge is 0.328 e. The average molecular weight is 200 g/mol. The minimum atomic E-state index is -0.872. The minimum absolute atomic E-state index is 0.708. The standard InChI is InChI=1S/C10H20N2O2/c1-9(7-10(13)14)8-12(4)6-5-11(2)3/h7H,5-6,8H2,1-4H3,(H,13,14). The Morgan fingerprint density at radius 3 is 2.29 bits per heavy atom. The lowest BCUT2D eigenvalue weighted by Crippen LogP contribution is -2.29. The molecule has 0 aromatic carbocycles. The van der Waals surface area contributed by atoms with Crippen molar-refractivity contribution in [2.24, 2.45) is 0 Å². The van der Waals surface area contributed by atoms with E-state index in [1.54, 1.807) is 0 Å². The zero-order valence-corrected chi connectivity index (χ0v) is 9.45. The van der Waals surface area contributed by atoms with Crippen LogP contribution >= 0.6 is 0 Å². The molecule has 1 N–H and O–H groups in total. The Morgan fingerprint density at radius 1 is 1.29 bits per heavy atom. The number of rotatable bonds is 6. The van der Waals surface area contributed by atoms with Gasteiger partial charge in [-0.2, -0.15) is 0 Å². The monoisotopic (exact) mass is 200 g/mol. The second-order valence-corrected chi connectivity index (χ2v) is 3.87. The summed E-state index contributed by atoms with van der Waals surface area (Å²) in [7, 11) is 6.03. The predicted molar refractivity (Wildman–Crippen MR) is 57.4 cm³/mol. The van der Waals surface area contributed by atoms with Crippen LogP contribution in [-0.2, 0) is 4.79 Å². The Hall–Kier alpha value is -0.870. The highest BCUT2D eigenvalue weighted by Crippen LogP contribution is 1.96. The summed E-state index contributed by atoms with van der Waals surface area (Å²) in [6, 6.07) is 0. The first-order chi connectivity index (χ1) is 6.41. The van der Waals surface area contributed by atoms with Crippen molar-refractivity contribution in [3.05, 3.63) is 11.6 Å². The largest absolute Gasteiger partial charge is 0.478 e. The molecular formula is C10H20N2O2. The molecule has 14 heavy (non-hydrogen) atoms. The highest BCUT2D eigenvalue weighted by molar-refractivity contribution is 5.80. The van der Waals surface area contributed by atoms with Crippen molar-refractivity contribution in [3.8, 4) is 0 Å². The number of nitrogens with zero attached hydrogens (tertiary/aromatic N) is 2. The first-order valence-corrected chi connectivity index (χ1v) is 4.65. The van der Waals surface area contributed by atoms with Crippen molar-refractivity contribution in [1.82, 2.24) is 9.80 Å². The van der Waals surface area contributed by atoms with Crippen molar-refractivity contribution in [3.63, 3.8) is 0 Å². The van der Waals surface area contributed by atoms with Crippen molar-refractivity contribution in [2.45, 2.75) is 6.92 Å². The van der Waals surface area contributed by atoms with Gasteiger partial charge in [0.15, 0.2) is 0 Å². The SMILES string of the molecule is CC(=CC(=O)O)CN(C)CCN(C)C. The molecule has 0 bridgehead atoms. The van der Waals surface area contributed by atoms with E-state index >= 15 is 0 Å². The summed E-state index contributed by atoms with van der Waals surface area (Å²) in [6.07, 6.45) is 1.26. The lowest BCUT2D eigenvalue weighted by molar-refractivity contribution is -0.131. The molecule has 4 nitrogen and oxygen atoms in total. The molecule has 4 heteroatoms. The number of aliphatic carboxylic acids is 1. The molecule has 0 heterocycles. The maximum Gasteiger partial charge on any atom is 0.328 e. The summed E-state index contributed by atoms with van der Waals surface area (Å²) in [5.41, 5.74) is 0.874. The molecule has 0 amide bonds. The fraction of sp³-hybridized carbons (Fsp3) is 0.700. The van der Waals surface area contributed by atoms with Gasteiger partial charge in [0.05, 0.1) is 0 Å². The molecule has 0 atom stereocenters. The molecule has 0 saturated heterocycles. The Bertz CT molecular complexity index is 212. The Balaban J connectivity index is 3.82. The lowest BCUT2D eigenvalue weighted by atomic mass is 10.2. The van der Waals surface area contributed by atoms with E-state index in [0.29, 0.717) is 6.54 Å². The highest BCUT2D eigenvalue weighted by Gasteiger charge is 2.01. The molecule has 0 aliphatic rings.